The van der Waals surface area contributed by atoms with Gasteiger partial charge in [0.05, 0.1) is 100.0 Å². The van der Waals surface area contributed by atoms with Gasteiger partial charge in [-0.15, -0.1) is 0 Å². The molecule has 124 heavy (non-hydrogen) atoms. The number of hydrogen-bond acceptors (Lipinski definition) is 4. The summed E-state index contributed by atoms with van der Waals surface area (Å²) in [5, 5.41) is 23.5. The predicted octanol–water partition coefficient (Wildman–Crippen LogP) is 30.4. The first-order valence-corrected chi connectivity index (χ1v) is 42.4. The number of fused-ring (bicyclic) bond motifs is 23. The van der Waals surface area contributed by atoms with Crippen molar-refractivity contribution >= 4 is 185 Å². The Morgan fingerprint density at radius 1 is 0.169 bits per heavy atom. The standard InChI is InChI=1S/C60H36N4.C56H34N4/c1-2-16-37(17-3-1)56-47-25-8-12-26-50(47)61-59-48(56)33-30-38-31-34-51(62-58(38)59)57-43-21-4-6-23-45(43)60(46-24-7-5-22-44(46)57)64-54-29-15-11-20-42(54)49-36-39(32-35-55(49)64)63-52-27-13-9-18-40(52)41-19-10-14-28-53(41)63;1-2-14-35(15-3-1)54-44-21-6-10-22-47(44)58-56-45(54)29-26-36-27-31-48(57-55(36)56)39-30-33-52(40-17-5-4-16-38(39)40)60-51-25-13-9-20-43(51)46-34-37(28-32-53(46)60)59-49-23-11-7-18-41(49)42-19-8-12-24-50(42)59/h1-36H;1-34H. The molecule has 0 saturated carbocycles. The van der Waals surface area contributed by atoms with Crippen LogP contribution in [0.1, 0.15) is 0 Å². The van der Waals surface area contributed by atoms with Crippen LogP contribution in [0.5, 0.6) is 0 Å². The Kier molecular flexibility index (Phi) is 15.3. The molecule has 27 aromatic rings. The van der Waals surface area contributed by atoms with Gasteiger partial charge in [-0.1, -0.05) is 322 Å². The SMILES string of the molecule is c1ccc(-c2c3ccccc3nc3c2ccc2ccc(-c4c5ccccc5c(-n5c6ccccc6c6cc(-n7c8ccccc8c8ccccc87)ccc65)c5ccccc45)nc23)cc1.c1ccc(-c2c3ccccc3nc3c2ccc2ccc(-c4ccc(-n5c6ccccc6c6cc(-n7c8ccccc8c8ccccc87)ccc65)c5ccccc45)nc23)cc1. The Morgan fingerprint density at radius 2 is 0.500 bits per heavy atom. The van der Waals surface area contributed by atoms with Crippen molar-refractivity contribution in [3.8, 4) is 67.5 Å². The van der Waals surface area contributed by atoms with Gasteiger partial charge >= 0.3 is 0 Å². The second-order valence-electron chi connectivity index (χ2n) is 32.5. The Morgan fingerprint density at radius 3 is 0.960 bits per heavy atom. The van der Waals surface area contributed by atoms with Gasteiger partial charge in [0.15, 0.2) is 0 Å². The van der Waals surface area contributed by atoms with Gasteiger partial charge in [0.2, 0.25) is 0 Å². The minimum Gasteiger partial charge on any atom is -0.309 e. The Hall–Kier alpha value is -16.7. The van der Waals surface area contributed by atoms with Crippen LogP contribution in [0.3, 0.4) is 0 Å². The lowest BCUT2D eigenvalue weighted by Crippen LogP contribution is -2.00. The Labute approximate surface area is 710 Å². The topological polar surface area (TPSA) is 71.3 Å². The highest BCUT2D eigenvalue weighted by Gasteiger charge is 2.26. The van der Waals surface area contributed by atoms with E-state index >= 15 is 0 Å². The molecule has 0 spiro atoms. The summed E-state index contributed by atoms with van der Waals surface area (Å²) in [6.07, 6.45) is 0. The van der Waals surface area contributed by atoms with E-state index in [9.17, 15) is 0 Å². The highest BCUT2D eigenvalue weighted by molar-refractivity contribution is 6.24. The molecule has 0 aliphatic heterocycles. The molecule has 0 N–H and O–H groups in total. The summed E-state index contributed by atoms with van der Waals surface area (Å²) in [5.41, 5.74) is 28.4. The van der Waals surface area contributed by atoms with E-state index in [0.717, 1.165) is 132 Å². The van der Waals surface area contributed by atoms with E-state index in [0.29, 0.717) is 0 Å². The zero-order valence-corrected chi connectivity index (χ0v) is 67.0. The fourth-order valence-electron chi connectivity index (χ4n) is 20.6. The van der Waals surface area contributed by atoms with Crippen LogP contribution in [-0.2, 0) is 0 Å². The average Bonchev–Trinajstić information content (AvgIpc) is 1.47. The molecule has 0 aliphatic rings. The van der Waals surface area contributed by atoms with Crippen molar-refractivity contribution in [3.05, 3.63) is 425 Å². The largest absolute Gasteiger partial charge is 0.309 e. The highest BCUT2D eigenvalue weighted by atomic mass is 15.0. The van der Waals surface area contributed by atoms with E-state index in [2.05, 4.69) is 443 Å². The Bertz CT molecular complexity index is 9050. The van der Waals surface area contributed by atoms with Gasteiger partial charge < -0.3 is 18.3 Å². The van der Waals surface area contributed by atoms with Crippen LogP contribution in [0.4, 0.5) is 0 Å². The number of nitrogens with zero attached hydrogens (tertiary/aromatic N) is 8. The highest BCUT2D eigenvalue weighted by Crippen LogP contribution is 2.49. The van der Waals surface area contributed by atoms with Crippen LogP contribution < -0.4 is 0 Å². The second kappa shape index (κ2) is 27.4. The average molecular weight is 1580 g/mol. The molecular weight excluding hydrogens is 1510 g/mol. The first-order chi connectivity index (χ1) is 61.6. The van der Waals surface area contributed by atoms with Gasteiger partial charge in [-0.05, 0) is 130 Å². The van der Waals surface area contributed by atoms with Gasteiger partial charge in [-0.3, -0.25) is 0 Å². The predicted molar refractivity (Wildman–Crippen MR) is 521 cm³/mol. The molecular formula is C116H70N8. The van der Waals surface area contributed by atoms with Crippen molar-refractivity contribution in [2.45, 2.75) is 0 Å². The zero-order valence-electron chi connectivity index (χ0n) is 67.0. The molecule has 0 unspecified atom stereocenters. The molecule has 8 nitrogen and oxygen atoms in total. The molecule has 0 aliphatic carbocycles. The summed E-state index contributed by atoms with van der Waals surface area (Å²) in [5.74, 6) is 0. The molecule has 27 rings (SSSR count). The van der Waals surface area contributed by atoms with Gasteiger partial charge in [0, 0.05) is 125 Å². The fraction of sp³-hybridized carbons (Fsp3) is 0. The molecule has 0 amide bonds. The third-order valence-corrected chi connectivity index (χ3v) is 25.9. The molecule has 8 heterocycles. The van der Waals surface area contributed by atoms with Crippen LogP contribution >= 0.6 is 0 Å². The maximum absolute atomic E-state index is 5.61. The van der Waals surface area contributed by atoms with Gasteiger partial charge in [-0.25, -0.2) is 19.9 Å². The fourth-order valence-corrected chi connectivity index (χ4v) is 20.6. The van der Waals surface area contributed by atoms with Crippen LogP contribution in [0, 0.1) is 0 Å². The number of aromatic nitrogens is 8. The summed E-state index contributed by atoms with van der Waals surface area (Å²) in [6, 6.07) is 153. The van der Waals surface area contributed by atoms with Crippen molar-refractivity contribution in [2.24, 2.45) is 0 Å². The second-order valence-corrected chi connectivity index (χ2v) is 32.5. The molecule has 0 bridgehead atoms. The number of para-hydroxylation sites is 8. The molecule has 574 valence electrons. The smallest absolute Gasteiger partial charge is 0.0978 e. The normalized spacial score (nSPS) is 12.0. The van der Waals surface area contributed by atoms with E-state index in [-0.39, 0.29) is 0 Å². The molecule has 0 fully saturated rings. The van der Waals surface area contributed by atoms with Crippen molar-refractivity contribution in [2.75, 3.05) is 0 Å². The lowest BCUT2D eigenvalue weighted by atomic mass is 9.92. The van der Waals surface area contributed by atoms with Crippen LogP contribution in [0.25, 0.3) is 252 Å². The van der Waals surface area contributed by atoms with Crippen molar-refractivity contribution < 1.29 is 0 Å². The van der Waals surface area contributed by atoms with Gasteiger partial charge in [0.1, 0.15) is 0 Å². The quantitative estimate of drug-likeness (QED) is 0.112. The number of rotatable bonds is 8. The first-order valence-electron chi connectivity index (χ1n) is 42.4. The third kappa shape index (κ3) is 10.4. The molecule has 0 saturated heterocycles. The van der Waals surface area contributed by atoms with Crippen LogP contribution in [-0.4, -0.2) is 38.2 Å². The minimum absolute atomic E-state index is 0.900. The number of pyridine rings is 4. The Balaban J connectivity index is 0.000000133. The zero-order chi connectivity index (χ0) is 81.2. The summed E-state index contributed by atoms with van der Waals surface area (Å²) >= 11 is 0. The van der Waals surface area contributed by atoms with E-state index in [4.69, 9.17) is 19.9 Å². The number of hydrogen-bond donors (Lipinski definition) is 0. The van der Waals surface area contributed by atoms with E-state index in [1.54, 1.807) is 0 Å². The van der Waals surface area contributed by atoms with Crippen molar-refractivity contribution in [1.29, 1.82) is 0 Å². The maximum Gasteiger partial charge on any atom is 0.0978 e. The molecule has 8 heteroatoms. The van der Waals surface area contributed by atoms with Crippen molar-refractivity contribution in [1.82, 2.24) is 38.2 Å². The monoisotopic (exact) mass is 1570 g/mol. The third-order valence-electron chi connectivity index (χ3n) is 25.9. The van der Waals surface area contributed by atoms with Gasteiger partial charge in [-0.2, -0.15) is 0 Å². The van der Waals surface area contributed by atoms with E-state index < -0.39 is 0 Å². The first kappa shape index (κ1) is 69.3. The summed E-state index contributed by atoms with van der Waals surface area (Å²) in [6.45, 7) is 0. The summed E-state index contributed by atoms with van der Waals surface area (Å²) in [4.78, 5) is 21.7. The van der Waals surface area contributed by atoms with Crippen LogP contribution in [0.2, 0.25) is 0 Å². The maximum atomic E-state index is 5.61. The lowest BCUT2D eigenvalue weighted by Gasteiger charge is -2.19. The van der Waals surface area contributed by atoms with Crippen molar-refractivity contribution in [3.63, 3.8) is 0 Å². The molecule has 19 aromatic carbocycles. The molecule has 0 atom stereocenters. The molecule has 0 radical (unpaired) electrons. The minimum atomic E-state index is 0.900. The van der Waals surface area contributed by atoms with Crippen LogP contribution in [0.15, 0.2) is 425 Å². The summed E-state index contributed by atoms with van der Waals surface area (Å²) < 4.78 is 9.75. The van der Waals surface area contributed by atoms with Gasteiger partial charge in [0.25, 0.3) is 0 Å². The molecule has 8 aromatic heterocycles. The summed E-state index contributed by atoms with van der Waals surface area (Å²) in [7, 11) is 0. The van der Waals surface area contributed by atoms with E-state index in [1.807, 2.05) is 0 Å². The number of benzene rings is 19. The van der Waals surface area contributed by atoms with E-state index in [1.165, 1.54) is 120 Å². The lowest BCUT2D eigenvalue weighted by molar-refractivity contribution is 1.17.